The Hall–Kier alpha value is 3.75. The zero-order valence-electron chi connectivity index (χ0n) is 52.5. The molecule has 0 fully saturated rings. The summed E-state index contributed by atoms with van der Waals surface area (Å²) in [6.45, 7) is 67.4. The van der Waals surface area contributed by atoms with Crippen molar-refractivity contribution in [1.82, 2.24) is 0 Å². The first kappa shape index (κ1) is 77.8. The van der Waals surface area contributed by atoms with Gasteiger partial charge in [0.15, 0.2) is 99.4 Å². The van der Waals surface area contributed by atoms with Crippen molar-refractivity contribution in [1.29, 1.82) is 0 Å². The molecule has 446 valence electrons. The first-order chi connectivity index (χ1) is 32.9. The molecule has 0 aliphatic heterocycles. The molecule has 0 radical (unpaired) electrons. The molecule has 0 bridgehead atoms. The Morgan fingerprint density at radius 1 is 0.149 bits per heavy atom. The summed E-state index contributed by atoms with van der Waals surface area (Å²) >= 11 is 0. The minimum atomic E-state index is -3.91. The molecule has 8 atom stereocenters. The van der Waals surface area contributed by atoms with E-state index in [-0.39, 0.29) is 0 Å². The highest BCUT2D eigenvalue weighted by Gasteiger charge is 2.63. The van der Waals surface area contributed by atoms with Gasteiger partial charge in [0, 0.05) is 58.9 Å². The van der Waals surface area contributed by atoms with Gasteiger partial charge in [-0.2, -0.15) is 0 Å². The van der Waals surface area contributed by atoms with E-state index < -0.39 is 187 Å². The molecule has 41 heteroatoms. The molecule has 0 aliphatic rings. The van der Waals surface area contributed by atoms with Crippen LogP contribution in [0.4, 0.5) is 0 Å². The van der Waals surface area contributed by atoms with Gasteiger partial charge in [-0.3, -0.25) is 0 Å². The highest BCUT2D eigenvalue weighted by atomic mass is 28.6. The second kappa shape index (κ2) is 32.3. The first-order valence-corrected chi connectivity index (χ1v) is 80.1. The summed E-state index contributed by atoms with van der Waals surface area (Å²) in [4.78, 5) is 0. The van der Waals surface area contributed by atoms with E-state index in [1.807, 2.05) is 72.0 Å². The number of rotatable bonds is 40. The highest BCUT2D eigenvalue weighted by Crippen LogP contribution is 2.35. The topological polar surface area (TPSA) is 185 Å². The van der Waals surface area contributed by atoms with Crippen LogP contribution in [0.1, 0.15) is 0 Å². The van der Waals surface area contributed by atoms with Gasteiger partial charge in [0.05, 0.1) is 0 Å². The van der Waals surface area contributed by atoms with Crippen molar-refractivity contribution in [3.05, 3.63) is 0 Å². The van der Waals surface area contributed by atoms with Crippen LogP contribution in [-0.4, -0.2) is 187 Å². The van der Waals surface area contributed by atoms with Crippen molar-refractivity contribution in [2.24, 2.45) is 0 Å². The maximum absolute atomic E-state index is 7.37. The summed E-state index contributed by atoms with van der Waals surface area (Å²) in [6, 6.07) is 0. The van der Waals surface area contributed by atoms with E-state index in [2.05, 4.69) is 144 Å². The summed E-state index contributed by atoms with van der Waals surface area (Å²) in [5, 5.41) is 0. The van der Waals surface area contributed by atoms with E-state index >= 15 is 0 Å². The maximum atomic E-state index is 7.37. The fourth-order valence-electron chi connectivity index (χ4n) is 8.64. The minimum Gasteiger partial charge on any atom is -0.439 e. The molecule has 0 aromatic carbocycles. The lowest BCUT2D eigenvalue weighted by molar-refractivity contribution is 0.110. The molecule has 0 amide bonds. The Bertz CT molecular complexity index is 1620. The van der Waals surface area contributed by atoms with E-state index in [9.17, 15) is 0 Å². The molecule has 0 N–H and O–H groups in total. The van der Waals surface area contributed by atoms with Crippen LogP contribution in [0.5, 0.6) is 0 Å². The second-order valence-electron chi connectivity index (χ2n) is 22.9. The summed E-state index contributed by atoms with van der Waals surface area (Å²) in [7, 11) is -55.7. The van der Waals surface area contributed by atoms with E-state index in [1.165, 1.54) is 0 Å². The second-order valence-corrected chi connectivity index (χ2v) is 82.0. The molecule has 0 aromatic heterocycles. The predicted octanol–water partition coefficient (Wildman–Crippen LogP) is 6.96. The van der Waals surface area contributed by atoms with Crippen LogP contribution >= 0.6 is 0 Å². The molecule has 0 aliphatic carbocycles. The monoisotopic (exact) mass is 1410 g/mol. The largest absolute Gasteiger partial charge is 0.472 e. The predicted molar refractivity (Wildman–Crippen MR) is 351 cm³/mol. The minimum absolute atomic E-state index is 1.46. The Morgan fingerprint density at radius 3 is 0.392 bits per heavy atom. The Balaban J connectivity index is 8.00. The summed E-state index contributed by atoms with van der Waals surface area (Å²) in [5.74, 6) is 0. The van der Waals surface area contributed by atoms with Crippen molar-refractivity contribution < 1.29 is 82.3 Å². The summed E-state index contributed by atoms with van der Waals surface area (Å²) in [6.07, 6.45) is 0. The van der Waals surface area contributed by atoms with Gasteiger partial charge in [-0.1, -0.05) is 0 Å². The number of hydrogen-bond acceptors (Lipinski definition) is 20. The maximum Gasteiger partial charge on any atom is 0.472 e. The molecule has 0 saturated carbocycles. The fraction of sp³-hybridized carbons (Fsp3) is 1.00. The Morgan fingerprint density at radius 2 is 0.257 bits per heavy atom. The Labute approximate surface area is 481 Å². The summed E-state index contributed by atoms with van der Waals surface area (Å²) < 4.78 is 140. The molecule has 0 aromatic rings. The molecule has 8 unspecified atom stereocenters. The van der Waals surface area contributed by atoms with E-state index in [0.29, 0.717) is 0 Å². The lowest BCUT2D eigenvalue weighted by atomic mass is 11.9. The van der Waals surface area contributed by atoms with Crippen LogP contribution in [0, 0.1) is 0 Å². The average Bonchev–Trinajstić information content (AvgIpc) is 3.00. The van der Waals surface area contributed by atoms with Gasteiger partial charge in [-0.15, -0.1) is 0 Å². The van der Waals surface area contributed by atoms with Gasteiger partial charge >= 0.3 is 87.8 Å². The van der Waals surface area contributed by atoms with Crippen LogP contribution in [0.15, 0.2) is 0 Å². The number of hydrogen-bond donors (Lipinski definition) is 0. The third-order valence-electron chi connectivity index (χ3n) is 8.41. The zero-order chi connectivity index (χ0) is 58.5. The van der Waals surface area contributed by atoms with Crippen LogP contribution in [0.3, 0.4) is 0 Å². The Kier molecular flexibility index (Phi) is 34.0. The van der Waals surface area contributed by atoms with Gasteiger partial charge in [-0.05, 0) is 157 Å². The normalized spacial score (nSPS) is 20.3. The van der Waals surface area contributed by atoms with E-state index in [0.717, 1.165) is 0 Å². The van der Waals surface area contributed by atoms with Crippen LogP contribution in [-0.2, 0) is 82.3 Å². The van der Waals surface area contributed by atoms with Crippen molar-refractivity contribution >= 4 is 187 Å². The highest BCUT2D eigenvalue weighted by molar-refractivity contribution is 6.94. The van der Waals surface area contributed by atoms with Gasteiger partial charge in [-0.25, -0.2) is 0 Å². The average molecular weight is 1420 g/mol. The van der Waals surface area contributed by atoms with Crippen molar-refractivity contribution in [3.63, 3.8) is 0 Å². The molecular weight excluding hydrogens is 1310 g/mol. The van der Waals surface area contributed by atoms with Crippen molar-refractivity contribution in [2.45, 2.75) is 216 Å². The standard InChI is InChI=1S/C33H110O20Si21/c1-54(2)34-65(23,24)45-67(26,37-57(7)8)47-69(28,39-59(11)12)49-71(30,41-61(15)16)51-73(32,43-63(19)20)53-74(33,44-64(21)22)52-72(31,42-62(17)18)50-70(29,40-60(13)14)48-68(27,38-58(9)10)46-66(25,35-55(3)4)36-56(5)6/h54-64H,1-33H3. The van der Waals surface area contributed by atoms with Gasteiger partial charge in [0.1, 0.15) is 0 Å². The molecule has 0 saturated heterocycles. The van der Waals surface area contributed by atoms with Gasteiger partial charge in [0.2, 0.25) is 0 Å². The molecule has 74 heavy (non-hydrogen) atoms. The third kappa shape index (κ3) is 33.3. The van der Waals surface area contributed by atoms with Gasteiger partial charge in [0.25, 0.3) is 0 Å². The van der Waals surface area contributed by atoms with Gasteiger partial charge < -0.3 is 82.3 Å². The SMILES string of the molecule is C[SiH](C)O[Si](C)(C)O[Si](C)(O[SiH](C)C)O[Si](C)(O[SiH](C)C)O[Si](C)(O[SiH](C)C)O[Si](C)(O[SiH](C)C)O[Si](C)(O[SiH](C)C)O[Si](C)(O[SiH](C)C)O[Si](C)(O[SiH](C)C)O[Si](C)(O[SiH](C)C)O[Si](C)(O[SiH](C)C)O[SiH](C)C. The van der Waals surface area contributed by atoms with Crippen LogP contribution < -0.4 is 0 Å². The lowest BCUT2D eigenvalue weighted by Crippen LogP contribution is -2.70. The third-order valence-corrected chi connectivity index (χ3v) is 75.7. The van der Waals surface area contributed by atoms with E-state index in [1.54, 1.807) is 0 Å². The fourth-order valence-corrected chi connectivity index (χ4v) is 89.5. The summed E-state index contributed by atoms with van der Waals surface area (Å²) in [5.41, 5.74) is 0. The van der Waals surface area contributed by atoms with Crippen molar-refractivity contribution in [2.75, 3.05) is 0 Å². The first-order valence-electron chi connectivity index (χ1n) is 26.7. The zero-order valence-corrected chi connectivity index (χ0v) is 75.2. The molecule has 20 nitrogen and oxygen atoms in total. The quantitative estimate of drug-likeness (QED) is 0.0573. The molecule has 0 rings (SSSR count). The molecule has 0 heterocycles. The van der Waals surface area contributed by atoms with Crippen molar-refractivity contribution in [3.8, 4) is 0 Å². The smallest absolute Gasteiger partial charge is 0.439 e. The van der Waals surface area contributed by atoms with Crippen LogP contribution in [0.2, 0.25) is 216 Å². The molecule has 0 spiro atoms. The molecular formula is C33H110O20Si21. The van der Waals surface area contributed by atoms with Crippen LogP contribution in [0.25, 0.3) is 0 Å². The van der Waals surface area contributed by atoms with E-state index in [4.69, 9.17) is 82.3 Å². The lowest BCUT2D eigenvalue weighted by Gasteiger charge is -2.47.